The van der Waals surface area contributed by atoms with E-state index in [1.165, 1.54) is 0 Å². The molecule has 84 valence electrons. The number of hydrogen-bond donors (Lipinski definition) is 2. The SMILES string of the molecule is Cc1cc(OP(=O)(O)S)nc(C(C)C)c1. The van der Waals surface area contributed by atoms with Crippen molar-refractivity contribution in [2.45, 2.75) is 26.7 Å². The van der Waals surface area contributed by atoms with E-state index in [4.69, 9.17) is 9.42 Å². The molecule has 1 rings (SSSR count). The molecule has 4 nitrogen and oxygen atoms in total. The third-order valence-electron chi connectivity index (χ3n) is 1.77. The van der Waals surface area contributed by atoms with Gasteiger partial charge in [0.25, 0.3) is 0 Å². The fourth-order valence-corrected chi connectivity index (χ4v) is 1.71. The average Bonchev–Trinajstić information content (AvgIpc) is 1.99. The molecule has 1 unspecified atom stereocenters. The number of nitrogens with zero attached hydrogens (tertiary/aromatic N) is 1. The number of aromatic nitrogens is 1. The summed E-state index contributed by atoms with van der Waals surface area (Å²) >= 11 is 3.44. The zero-order chi connectivity index (χ0) is 11.6. The predicted octanol–water partition coefficient (Wildman–Crippen LogP) is 2.92. The van der Waals surface area contributed by atoms with Crippen LogP contribution in [0.5, 0.6) is 5.88 Å². The third kappa shape index (κ3) is 4.24. The Kier molecular flexibility index (Phi) is 3.82. The molecule has 1 aromatic heterocycles. The van der Waals surface area contributed by atoms with E-state index in [1.807, 2.05) is 26.8 Å². The van der Waals surface area contributed by atoms with Gasteiger partial charge in [0.05, 0.1) is 0 Å². The minimum absolute atomic E-state index is 0.138. The second-order valence-electron chi connectivity index (χ2n) is 3.64. The summed E-state index contributed by atoms with van der Waals surface area (Å²) in [5, 5.41) is 0. The smallest absolute Gasteiger partial charge is 0.399 e. The van der Waals surface area contributed by atoms with Crippen LogP contribution in [0, 0.1) is 6.92 Å². The highest BCUT2D eigenvalue weighted by molar-refractivity contribution is 8.44. The Morgan fingerprint density at radius 1 is 1.53 bits per heavy atom. The summed E-state index contributed by atoms with van der Waals surface area (Å²) in [7, 11) is 0. The highest BCUT2D eigenvalue weighted by Crippen LogP contribution is 2.46. The maximum Gasteiger partial charge on any atom is 0.435 e. The standard InChI is InChI=1S/C9H14NO3PS/c1-6(2)8-4-7(3)5-9(10-8)13-14(11,12)15/h4-6H,1-3H3,(H2,11,12,15). The maximum absolute atomic E-state index is 10.9. The Balaban J connectivity index is 3.04. The highest BCUT2D eigenvalue weighted by atomic mass is 32.7. The molecule has 0 spiro atoms. The first kappa shape index (κ1) is 12.6. The Labute approximate surface area is 94.4 Å². The first-order chi connectivity index (χ1) is 6.78. The Hall–Kier alpha value is -0.510. The Morgan fingerprint density at radius 3 is 2.60 bits per heavy atom. The van der Waals surface area contributed by atoms with Crippen molar-refractivity contribution in [3.63, 3.8) is 0 Å². The number of rotatable bonds is 3. The second-order valence-corrected chi connectivity index (χ2v) is 6.32. The molecule has 1 N–H and O–H groups in total. The first-order valence-electron chi connectivity index (χ1n) is 4.51. The molecule has 0 saturated heterocycles. The maximum atomic E-state index is 10.9. The first-order valence-corrected chi connectivity index (χ1v) is 7.24. The van der Waals surface area contributed by atoms with Crippen molar-refractivity contribution in [2.24, 2.45) is 0 Å². The Bertz CT molecular complexity index is 402. The molecule has 0 amide bonds. The lowest BCUT2D eigenvalue weighted by molar-refractivity contribution is 0.396. The van der Waals surface area contributed by atoms with Crippen LogP contribution < -0.4 is 4.52 Å². The molecule has 15 heavy (non-hydrogen) atoms. The van der Waals surface area contributed by atoms with E-state index in [0.29, 0.717) is 0 Å². The molecule has 0 aromatic carbocycles. The van der Waals surface area contributed by atoms with Gasteiger partial charge in [-0.05, 0) is 36.7 Å². The minimum atomic E-state index is -3.83. The van der Waals surface area contributed by atoms with Crippen LogP contribution in [0.15, 0.2) is 12.1 Å². The summed E-state index contributed by atoms with van der Waals surface area (Å²) in [6, 6.07) is 3.52. The third-order valence-corrected chi connectivity index (χ3v) is 2.44. The van der Waals surface area contributed by atoms with Gasteiger partial charge in [-0.1, -0.05) is 13.8 Å². The largest absolute Gasteiger partial charge is 0.435 e. The number of hydrogen-bond acceptors (Lipinski definition) is 3. The Morgan fingerprint density at radius 2 is 2.13 bits per heavy atom. The second kappa shape index (κ2) is 4.56. The van der Waals surface area contributed by atoms with Crippen molar-refractivity contribution in [1.82, 2.24) is 4.98 Å². The van der Waals surface area contributed by atoms with E-state index in [0.717, 1.165) is 11.3 Å². The van der Waals surface area contributed by atoms with Gasteiger partial charge in [0, 0.05) is 11.8 Å². The molecule has 0 bridgehead atoms. The topological polar surface area (TPSA) is 59.4 Å². The van der Waals surface area contributed by atoms with E-state index in [-0.39, 0.29) is 11.8 Å². The van der Waals surface area contributed by atoms with Crippen LogP contribution in [0.3, 0.4) is 0 Å². The average molecular weight is 247 g/mol. The number of pyridine rings is 1. The lowest BCUT2D eigenvalue weighted by atomic mass is 10.1. The molecule has 1 aromatic rings. The van der Waals surface area contributed by atoms with Crippen molar-refractivity contribution in [1.29, 1.82) is 0 Å². The van der Waals surface area contributed by atoms with Gasteiger partial charge in [0.1, 0.15) is 0 Å². The van der Waals surface area contributed by atoms with Gasteiger partial charge in [-0.2, -0.15) is 0 Å². The molecular formula is C9H14NO3PS. The van der Waals surface area contributed by atoms with Gasteiger partial charge < -0.3 is 9.42 Å². The van der Waals surface area contributed by atoms with Gasteiger partial charge in [-0.3, -0.25) is 0 Å². The molecule has 0 aliphatic carbocycles. The van der Waals surface area contributed by atoms with Gasteiger partial charge in [0.2, 0.25) is 5.88 Å². The van der Waals surface area contributed by atoms with E-state index >= 15 is 0 Å². The lowest BCUT2D eigenvalue weighted by Crippen LogP contribution is -1.97. The van der Waals surface area contributed by atoms with Gasteiger partial charge in [-0.15, -0.1) is 0 Å². The van der Waals surface area contributed by atoms with Crippen molar-refractivity contribution >= 4 is 19.0 Å². The quantitative estimate of drug-likeness (QED) is 0.637. The van der Waals surface area contributed by atoms with Gasteiger partial charge in [0.15, 0.2) is 0 Å². The molecule has 1 heterocycles. The van der Waals surface area contributed by atoms with E-state index in [1.54, 1.807) is 6.07 Å². The summed E-state index contributed by atoms with van der Waals surface area (Å²) in [5.41, 5.74) is 1.76. The van der Waals surface area contributed by atoms with Crippen molar-refractivity contribution in [3.05, 3.63) is 23.4 Å². The zero-order valence-electron chi connectivity index (χ0n) is 8.84. The highest BCUT2D eigenvalue weighted by Gasteiger charge is 2.15. The summed E-state index contributed by atoms with van der Waals surface area (Å²) in [4.78, 5) is 13.1. The molecule has 0 radical (unpaired) electrons. The van der Waals surface area contributed by atoms with Crippen LogP contribution in [-0.2, 0) is 4.57 Å². The van der Waals surface area contributed by atoms with Crippen LogP contribution in [0.4, 0.5) is 0 Å². The molecule has 1 atom stereocenters. The van der Waals surface area contributed by atoms with Gasteiger partial charge in [-0.25, -0.2) is 9.55 Å². The molecule has 6 heteroatoms. The molecular weight excluding hydrogens is 233 g/mol. The monoisotopic (exact) mass is 247 g/mol. The normalized spacial score (nSPS) is 15.1. The molecule has 0 fully saturated rings. The minimum Gasteiger partial charge on any atom is -0.399 e. The van der Waals surface area contributed by atoms with Crippen molar-refractivity contribution < 1.29 is 14.0 Å². The fraction of sp³-hybridized carbons (Fsp3) is 0.444. The van der Waals surface area contributed by atoms with Crippen molar-refractivity contribution in [2.75, 3.05) is 0 Å². The predicted molar refractivity (Wildman–Crippen MR) is 62.5 cm³/mol. The fourth-order valence-electron chi connectivity index (χ4n) is 1.13. The van der Waals surface area contributed by atoms with Crippen LogP contribution in [0.25, 0.3) is 0 Å². The van der Waals surface area contributed by atoms with Crippen molar-refractivity contribution in [3.8, 4) is 5.88 Å². The van der Waals surface area contributed by atoms with E-state index < -0.39 is 6.80 Å². The summed E-state index contributed by atoms with van der Waals surface area (Å²) in [6.45, 7) is 2.03. The van der Waals surface area contributed by atoms with Gasteiger partial charge >= 0.3 is 6.80 Å². The lowest BCUT2D eigenvalue weighted by Gasteiger charge is -2.11. The van der Waals surface area contributed by atoms with Crippen LogP contribution in [-0.4, -0.2) is 9.88 Å². The van der Waals surface area contributed by atoms with E-state index in [2.05, 4.69) is 17.2 Å². The summed E-state index contributed by atoms with van der Waals surface area (Å²) < 4.78 is 15.7. The molecule has 0 aliphatic heterocycles. The van der Waals surface area contributed by atoms with E-state index in [9.17, 15) is 4.57 Å². The zero-order valence-corrected chi connectivity index (χ0v) is 10.6. The summed E-state index contributed by atoms with van der Waals surface area (Å²) in [6.07, 6.45) is 0. The van der Waals surface area contributed by atoms with Crippen LogP contribution in [0.1, 0.15) is 31.0 Å². The van der Waals surface area contributed by atoms with Crippen LogP contribution >= 0.6 is 19.0 Å². The number of aryl methyl sites for hydroxylation is 1. The van der Waals surface area contributed by atoms with Crippen LogP contribution in [0.2, 0.25) is 0 Å². The molecule has 0 saturated carbocycles. The number of thiol groups is 1. The summed E-state index contributed by atoms with van der Waals surface area (Å²) in [5.74, 6) is 0.379. The molecule has 0 aliphatic rings.